The molecular formula is C19H22F3NO4. The Labute approximate surface area is 155 Å². The van der Waals surface area contributed by atoms with Gasteiger partial charge in [-0.3, -0.25) is 4.90 Å². The van der Waals surface area contributed by atoms with E-state index in [-0.39, 0.29) is 0 Å². The van der Waals surface area contributed by atoms with Crippen LogP contribution in [0.25, 0.3) is 0 Å². The number of carbonyl (C=O) groups is 1. The van der Waals surface area contributed by atoms with Crippen LogP contribution in [0.5, 0.6) is 0 Å². The lowest BCUT2D eigenvalue weighted by Gasteiger charge is -2.38. The Morgan fingerprint density at radius 2 is 1.74 bits per heavy atom. The van der Waals surface area contributed by atoms with E-state index in [1.807, 2.05) is 36.4 Å². The van der Waals surface area contributed by atoms with Crippen LogP contribution in [-0.4, -0.2) is 40.3 Å². The summed E-state index contributed by atoms with van der Waals surface area (Å²) in [5.41, 5.74) is 1.57. The van der Waals surface area contributed by atoms with Crippen molar-refractivity contribution in [3.63, 3.8) is 0 Å². The molecule has 0 amide bonds. The lowest BCUT2D eigenvalue weighted by Crippen LogP contribution is -2.42. The van der Waals surface area contributed by atoms with E-state index in [2.05, 4.69) is 11.8 Å². The number of carboxylic acid groups (broad SMARTS) is 1. The van der Waals surface area contributed by atoms with Crippen LogP contribution in [0, 0.1) is 6.92 Å². The minimum absolute atomic E-state index is 0.671. The van der Waals surface area contributed by atoms with E-state index >= 15 is 0 Å². The van der Waals surface area contributed by atoms with E-state index in [0.717, 1.165) is 43.8 Å². The van der Waals surface area contributed by atoms with Gasteiger partial charge >= 0.3 is 12.1 Å². The average molecular weight is 385 g/mol. The quantitative estimate of drug-likeness (QED) is 0.843. The first-order valence-electron chi connectivity index (χ1n) is 8.45. The molecule has 1 aliphatic heterocycles. The van der Waals surface area contributed by atoms with Crippen LogP contribution < -0.4 is 0 Å². The highest BCUT2D eigenvalue weighted by Crippen LogP contribution is 2.33. The summed E-state index contributed by atoms with van der Waals surface area (Å²) in [5.74, 6) is -1.72. The SMILES string of the molecule is Cc1ccoc1CN1CCC(O)(c2ccccc2)CC1.O=C(O)C(F)(F)F. The molecule has 27 heavy (non-hydrogen) atoms. The predicted octanol–water partition coefficient (Wildman–Crippen LogP) is 3.70. The first-order valence-corrected chi connectivity index (χ1v) is 8.45. The summed E-state index contributed by atoms with van der Waals surface area (Å²) in [7, 11) is 0. The number of aryl methyl sites for hydroxylation is 1. The zero-order chi connectivity index (χ0) is 20.1. The molecule has 1 saturated heterocycles. The molecule has 0 unspecified atom stereocenters. The molecule has 148 valence electrons. The molecule has 0 aliphatic carbocycles. The summed E-state index contributed by atoms with van der Waals surface area (Å²) in [6, 6.07) is 12.0. The third-order valence-corrected chi connectivity index (χ3v) is 4.57. The third-order valence-electron chi connectivity index (χ3n) is 4.57. The van der Waals surface area contributed by atoms with Crippen LogP contribution in [0.3, 0.4) is 0 Å². The number of benzene rings is 1. The highest BCUT2D eigenvalue weighted by Gasteiger charge is 2.38. The summed E-state index contributed by atoms with van der Waals surface area (Å²) in [6.07, 6.45) is -1.79. The summed E-state index contributed by atoms with van der Waals surface area (Å²) >= 11 is 0. The van der Waals surface area contributed by atoms with Gasteiger partial charge in [0.25, 0.3) is 0 Å². The van der Waals surface area contributed by atoms with Crippen LogP contribution >= 0.6 is 0 Å². The summed E-state index contributed by atoms with van der Waals surface area (Å²) in [4.78, 5) is 11.2. The van der Waals surface area contributed by atoms with Crippen molar-refractivity contribution in [2.24, 2.45) is 0 Å². The number of alkyl halides is 3. The molecule has 1 aromatic carbocycles. The van der Waals surface area contributed by atoms with Gasteiger partial charge in [0.1, 0.15) is 5.76 Å². The molecule has 1 aromatic heterocycles. The molecule has 2 heterocycles. The van der Waals surface area contributed by atoms with Gasteiger partial charge < -0.3 is 14.6 Å². The molecule has 1 aliphatic rings. The molecule has 2 aromatic rings. The van der Waals surface area contributed by atoms with Gasteiger partial charge in [0.2, 0.25) is 0 Å². The number of aliphatic carboxylic acids is 1. The van der Waals surface area contributed by atoms with Crippen molar-refractivity contribution >= 4 is 5.97 Å². The maximum Gasteiger partial charge on any atom is 0.490 e. The van der Waals surface area contributed by atoms with Crippen LogP contribution in [0.15, 0.2) is 47.1 Å². The predicted molar refractivity (Wildman–Crippen MR) is 92.0 cm³/mol. The number of likely N-dealkylation sites (tertiary alicyclic amines) is 1. The molecule has 0 spiro atoms. The van der Waals surface area contributed by atoms with Gasteiger partial charge in [0.15, 0.2) is 0 Å². The van der Waals surface area contributed by atoms with Crippen molar-refractivity contribution in [2.45, 2.75) is 38.1 Å². The Balaban J connectivity index is 0.000000321. The molecule has 8 heteroatoms. The normalized spacial score (nSPS) is 17.1. The number of furan rings is 1. The van der Waals surface area contributed by atoms with Gasteiger partial charge in [0, 0.05) is 13.1 Å². The second-order valence-electron chi connectivity index (χ2n) is 6.50. The first-order chi connectivity index (χ1) is 12.6. The number of hydrogen-bond donors (Lipinski definition) is 2. The van der Waals surface area contributed by atoms with Crippen molar-refractivity contribution in [3.05, 3.63) is 59.5 Å². The smallest absolute Gasteiger partial charge is 0.475 e. The Morgan fingerprint density at radius 3 is 2.19 bits per heavy atom. The van der Waals surface area contributed by atoms with Crippen LogP contribution in [0.2, 0.25) is 0 Å². The molecule has 0 bridgehead atoms. The number of piperidine rings is 1. The van der Waals surface area contributed by atoms with E-state index in [0.29, 0.717) is 0 Å². The minimum atomic E-state index is -5.08. The van der Waals surface area contributed by atoms with E-state index in [4.69, 9.17) is 14.3 Å². The average Bonchev–Trinajstić information content (AvgIpc) is 3.02. The second kappa shape index (κ2) is 8.58. The van der Waals surface area contributed by atoms with E-state index in [9.17, 15) is 18.3 Å². The number of halogens is 3. The van der Waals surface area contributed by atoms with E-state index in [1.165, 1.54) is 5.56 Å². The van der Waals surface area contributed by atoms with E-state index < -0.39 is 17.7 Å². The van der Waals surface area contributed by atoms with Gasteiger partial charge in [-0.2, -0.15) is 13.2 Å². The Kier molecular flexibility index (Phi) is 6.67. The van der Waals surface area contributed by atoms with E-state index in [1.54, 1.807) is 6.26 Å². The number of carboxylic acids is 1. The van der Waals surface area contributed by atoms with Crippen molar-refractivity contribution < 1.29 is 32.6 Å². The molecular weight excluding hydrogens is 363 g/mol. The molecule has 0 saturated carbocycles. The maximum absolute atomic E-state index is 10.8. The van der Waals surface area contributed by atoms with Crippen molar-refractivity contribution in [1.82, 2.24) is 4.90 Å². The lowest BCUT2D eigenvalue weighted by molar-refractivity contribution is -0.192. The zero-order valence-corrected chi connectivity index (χ0v) is 14.9. The minimum Gasteiger partial charge on any atom is -0.475 e. The Morgan fingerprint density at radius 1 is 1.19 bits per heavy atom. The number of hydrogen-bond acceptors (Lipinski definition) is 4. The molecule has 0 radical (unpaired) electrons. The molecule has 0 atom stereocenters. The number of aliphatic hydroxyl groups is 1. The van der Waals surface area contributed by atoms with Crippen molar-refractivity contribution in [3.8, 4) is 0 Å². The molecule has 5 nitrogen and oxygen atoms in total. The van der Waals surface area contributed by atoms with Crippen LogP contribution in [0.1, 0.15) is 29.7 Å². The van der Waals surface area contributed by atoms with Gasteiger partial charge in [-0.1, -0.05) is 30.3 Å². The third kappa shape index (κ3) is 5.83. The summed E-state index contributed by atoms with van der Waals surface area (Å²) < 4.78 is 37.2. The molecule has 3 rings (SSSR count). The van der Waals surface area contributed by atoms with Crippen molar-refractivity contribution in [1.29, 1.82) is 0 Å². The van der Waals surface area contributed by atoms with Gasteiger partial charge in [-0.25, -0.2) is 4.79 Å². The monoisotopic (exact) mass is 385 g/mol. The first kappa shape index (κ1) is 21.0. The molecule has 1 fully saturated rings. The zero-order valence-electron chi connectivity index (χ0n) is 14.9. The van der Waals surface area contributed by atoms with Gasteiger partial charge in [0.05, 0.1) is 18.4 Å². The van der Waals surface area contributed by atoms with Gasteiger partial charge in [-0.05, 0) is 37.0 Å². The standard InChI is InChI=1S/C17H21NO2.C2HF3O2/c1-14-7-12-20-16(14)13-18-10-8-17(19,9-11-18)15-5-3-2-4-6-15;3-2(4,5)1(6)7/h2-7,12,19H,8-11,13H2,1H3;(H,6,7). The van der Waals surface area contributed by atoms with Crippen LogP contribution in [0.4, 0.5) is 13.2 Å². The van der Waals surface area contributed by atoms with Crippen molar-refractivity contribution in [2.75, 3.05) is 13.1 Å². The second-order valence-corrected chi connectivity index (χ2v) is 6.50. The topological polar surface area (TPSA) is 73.9 Å². The summed E-state index contributed by atoms with van der Waals surface area (Å²) in [6.45, 7) is 4.70. The lowest BCUT2D eigenvalue weighted by atomic mass is 9.84. The highest BCUT2D eigenvalue weighted by molar-refractivity contribution is 5.73. The Hall–Kier alpha value is -2.32. The Bertz CT molecular complexity index is 735. The molecule has 2 N–H and O–H groups in total. The highest BCUT2D eigenvalue weighted by atomic mass is 19.4. The number of nitrogens with zero attached hydrogens (tertiary/aromatic N) is 1. The van der Waals surface area contributed by atoms with Gasteiger partial charge in [-0.15, -0.1) is 0 Å². The fraction of sp³-hybridized carbons (Fsp3) is 0.421. The fourth-order valence-corrected chi connectivity index (χ4v) is 2.89. The summed E-state index contributed by atoms with van der Waals surface area (Å²) in [5, 5.41) is 17.9. The fourth-order valence-electron chi connectivity index (χ4n) is 2.89. The number of rotatable bonds is 3. The maximum atomic E-state index is 10.8. The van der Waals surface area contributed by atoms with Crippen LogP contribution in [-0.2, 0) is 16.9 Å². The largest absolute Gasteiger partial charge is 0.490 e.